The number of amides is 1. The van der Waals surface area contributed by atoms with Crippen LogP contribution >= 0.6 is 0 Å². The highest BCUT2D eigenvalue weighted by molar-refractivity contribution is 5.85. The maximum Gasteiger partial charge on any atom is 0.453 e. The Morgan fingerprint density at radius 3 is 2.66 bits per heavy atom. The van der Waals surface area contributed by atoms with Crippen LogP contribution in [0.25, 0.3) is 5.65 Å². The highest BCUT2D eigenvalue weighted by Gasteiger charge is 2.37. The van der Waals surface area contributed by atoms with Gasteiger partial charge in [-0.2, -0.15) is 17.7 Å². The molecular formula is C21H23F3N6O2. The van der Waals surface area contributed by atoms with Gasteiger partial charge in [0, 0.05) is 5.69 Å². The number of hydrogen-bond donors (Lipinski definition) is 2. The summed E-state index contributed by atoms with van der Waals surface area (Å²) < 4.78 is 45.4. The summed E-state index contributed by atoms with van der Waals surface area (Å²) in [6.45, 7) is 5.37. The standard InChI is InChI=1S/C21H23F3N6O2/c1-20(2,3)32-19(31)25-13-7-8-14-12(11-13)5-4-6-15(14)26-16-9-10-17-27-28-18(21(22,23)24)30(17)29-16/h7-11,15H,4-6H2,1-3H3,(H,25,31)(H,26,29). The number of rotatable bonds is 3. The molecule has 0 saturated heterocycles. The molecule has 1 aliphatic rings. The van der Waals surface area contributed by atoms with Crippen molar-refractivity contribution in [1.82, 2.24) is 19.8 Å². The zero-order valence-corrected chi connectivity index (χ0v) is 17.8. The van der Waals surface area contributed by atoms with Crippen LogP contribution in [-0.4, -0.2) is 31.5 Å². The molecule has 170 valence electrons. The second-order valence-corrected chi connectivity index (χ2v) is 8.64. The monoisotopic (exact) mass is 448 g/mol. The van der Waals surface area contributed by atoms with E-state index in [-0.39, 0.29) is 17.5 Å². The lowest BCUT2D eigenvalue weighted by molar-refractivity contribution is -0.146. The molecule has 1 unspecified atom stereocenters. The van der Waals surface area contributed by atoms with E-state index >= 15 is 0 Å². The summed E-state index contributed by atoms with van der Waals surface area (Å²) in [5.74, 6) is -0.880. The van der Waals surface area contributed by atoms with Crippen LogP contribution in [0.3, 0.4) is 0 Å². The molecule has 1 aromatic carbocycles. The first-order chi connectivity index (χ1) is 15.0. The predicted octanol–water partition coefficient (Wildman–Crippen LogP) is 4.98. The molecule has 4 rings (SSSR count). The molecule has 1 atom stereocenters. The number of ether oxygens (including phenoxy) is 1. The number of nitrogens with one attached hydrogen (secondary N) is 2. The number of aryl methyl sites for hydroxylation is 1. The van der Waals surface area contributed by atoms with Crippen LogP contribution in [0, 0.1) is 0 Å². The highest BCUT2D eigenvalue weighted by atomic mass is 19.4. The van der Waals surface area contributed by atoms with E-state index in [2.05, 4.69) is 25.9 Å². The quantitative estimate of drug-likeness (QED) is 0.587. The number of carbonyl (C=O) groups excluding carboxylic acids is 1. The minimum atomic E-state index is -4.65. The Labute approximate surface area is 182 Å². The smallest absolute Gasteiger partial charge is 0.444 e. The highest BCUT2D eigenvalue weighted by Crippen LogP contribution is 2.34. The first-order valence-electron chi connectivity index (χ1n) is 10.2. The third-order valence-corrected chi connectivity index (χ3v) is 4.94. The van der Waals surface area contributed by atoms with E-state index in [9.17, 15) is 18.0 Å². The van der Waals surface area contributed by atoms with E-state index in [1.165, 1.54) is 6.07 Å². The predicted molar refractivity (Wildman–Crippen MR) is 111 cm³/mol. The normalized spacial score (nSPS) is 16.5. The van der Waals surface area contributed by atoms with Gasteiger partial charge < -0.3 is 10.1 Å². The van der Waals surface area contributed by atoms with Crippen molar-refractivity contribution in [2.75, 3.05) is 10.6 Å². The van der Waals surface area contributed by atoms with Gasteiger partial charge in [-0.25, -0.2) is 4.79 Å². The molecule has 3 aromatic rings. The van der Waals surface area contributed by atoms with Crippen molar-refractivity contribution < 1.29 is 22.7 Å². The number of aromatic nitrogens is 4. The van der Waals surface area contributed by atoms with Crippen LogP contribution in [0.1, 0.15) is 56.6 Å². The fourth-order valence-electron chi connectivity index (χ4n) is 3.68. The first kappa shape index (κ1) is 21.8. The van der Waals surface area contributed by atoms with Gasteiger partial charge in [-0.1, -0.05) is 6.07 Å². The van der Waals surface area contributed by atoms with Gasteiger partial charge in [0.1, 0.15) is 11.4 Å². The molecule has 0 radical (unpaired) electrons. The zero-order valence-electron chi connectivity index (χ0n) is 17.8. The van der Waals surface area contributed by atoms with Crippen LogP contribution in [-0.2, 0) is 17.3 Å². The van der Waals surface area contributed by atoms with Crippen LogP contribution < -0.4 is 10.6 Å². The molecule has 0 bridgehead atoms. The Morgan fingerprint density at radius 2 is 1.94 bits per heavy atom. The zero-order chi connectivity index (χ0) is 23.1. The van der Waals surface area contributed by atoms with Crippen molar-refractivity contribution in [2.45, 2.75) is 57.9 Å². The van der Waals surface area contributed by atoms with E-state index in [0.717, 1.165) is 30.4 Å². The van der Waals surface area contributed by atoms with Gasteiger partial charge in [-0.05, 0) is 75.4 Å². The fraction of sp³-hybridized carbons (Fsp3) is 0.429. The van der Waals surface area contributed by atoms with Gasteiger partial charge in [-0.15, -0.1) is 15.3 Å². The number of carbonyl (C=O) groups is 1. The molecule has 0 fully saturated rings. The minimum absolute atomic E-state index is 0.0183. The van der Waals surface area contributed by atoms with Gasteiger partial charge in [0.15, 0.2) is 5.65 Å². The second-order valence-electron chi connectivity index (χ2n) is 8.64. The summed E-state index contributed by atoms with van der Waals surface area (Å²) in [6, 6.07) is 8.46. The van der Waals surface area contributed by atoms with Gasteiger partial charge >= 0.3 is 12.3 Å². The Morgan fingerprint density at radius 1 is 1.16 bits per heavy atom. The van der Waals surface area contributed by atoms with E-state index in [4.69, 9.17) is 4.74 Å². The van der Waals surface area contributed by atoms with Crippen LogP contribution in [0.2, 0.25) is 0 Å². The van der Waals surface area contributed by atoms with Crippen molar-refractivity contribution in [3.8, 4) is 0 Å². The molecule has 32 heavy (non-hydrogen) atoms. The summed E-state index contributed by atoms with van der Waals surface area (Å²) in [5, 5.41) is 16.7. The van der Waals surface area contributed by atoms with Crippen molar-refractivity contribution in [2.24, 2.45) is 0 Å². The van der Waals surface area contributed by atoms with Gasteiger partial charge in [0.25, 0.3) is 5.82 Å². The Balaban J connectivity index is 1.54. The number of halogens is 3. The lowest BCUT2D eigenvalue weighted by Crippen LogP contribution is -2.27. The topological polar surface area (TPSA) is 93.4 Å². The summed E-state index contributed by atoms with van der Waals surface area (Å²) >= 11 is 0. The van der Waals surface area contributed by atoms with Crippen LogP contribution in [0.4, 0.5) is 29.5 Å². The summed E-state index contributed by atoms with van der Waals surface area (Å²) in [7, 11) is 0. The molecule has 1 aliphatic carbocycles. The van der Waals surface area contributed by atoms with Crippen LogP contribution in [0.5, 0.6) is 0 Å². The lowest BCUT2D eigenvalue weighted by atomic mass is 9.87. The molecule has 2 N–H and O–H groups in total. The molecule has 8 nitrogen and oxygen atoms in total. The Hall–Kier alpha value is -3.37. The fourth-order valence-corrected chi connectivity index (χ4v) is 3.68. The average Bonchev–Trinajstić information content (AvgIpc) is 3.10. The maximum absolute atomic E-state index is 13.1. The van der Waals surface area contributed by atoms with Crippen LogP contribution in [0.15, 0.2) is 30.3 Å². The summed E-state index contributed by atoms with van der Waals surface area (Å²) in [6.07, 6.45) is -2.69. The number of fused-ring (bicyclic) bond motifs is 2. The number of hydrogen-bond acceptors (Lipinski definition) is 6. The molecule has 2 heterocycles. The third kappa shape index (κ3) is 4.76. The Kier molecular flexibility index (Phi) is 5.43. The summed E-state index contributed by atoms with van der Waals surface area (Å²) in [4.78, 5) is 12.0. The van der Waals surface area contributed by atoms with Crippen molar-refractivity contribution in [3.63, 3.8) is 0 Å². The van der Waals surface area contributed by atoms with E-state index in [1.807, 2.05) is 12.1 Å². The van der Waals surface area contributed by atoms with Gasteiger partial charge in [0.2, 0.25) is 0 Å². The van der Waals surface area contributed by atoms with Gasteiger partial charge in [0.05, 0.1) is 6.04 Å². The molecule has 0 saturated carbocycles. The number of anilines is 2. The van der Waals surface area contributed by atoms with Crippen molar-refractivity contribution in [1.29, 1.82) is 0 Å². The molecule has 1 amide bonds. The van der Waals surface area contributed by atoms with E-state index in [1.54, 1.807) is 32.9 Å². The molecule has 11 heteroatoms. The number of nitrogens with zero attached hydrogens (tertiary/aromatic N) is 4. The van der Waals surface area contributed by atoms with Crippen molar-refractivity contribution >= 4 is 23.2 Å². The van der Waals surface area contributed by atoms with E-state index < -0.39 is 23.7 Å². The number of benzene rings is 1. The van der Waals surface area contributed by atoms with E-state index in [0.29, 0.717) is 10.2 Å². The molecule has 0 aliphatic heterocycles. The first-order valence-corrected chi connectivity index (χ1v) is 10.2. The Bertz CT molecular complexity index is 1150. The third-order valence-electron chi connectivity index (χ3n) is 4.94. The average molecular weight is 448 g/mol. The second kappa shape index (κ2) is 7.95. The largest absolute Gasteiger partial charge is 0.453 e. The lowest BCUT2D eigenvalue weighted by Gasteiger charge is -2.27. The van der Waals surface area contributed by atoms with Gasteiger partial charge in [-0.3, -0.25) is 5.32 Å². The molecular weight excluding hydrogens is 425 g/mol. The minimum Gasteiger partial charge on any atom is -0.444 e. The molecule has 0 spiro atoms. The van der Waals surface area contributed by atoms with Crippen molar-refractivity contribution in [3.05, 3.63) is 47.3 Å². The summed E-state index contributed by atoms with van der Waals surface area (Å²) in [5.41, 5.74) is 2.09. The maximum atomic E-state index is 13.1. The number of alkyl halides is 3. The molecule has 2 aromatic heterocycles. The SMILES string of the molecule is CC(C)(C)OC(=O)Nc1ccc2c(c1)CCCC2Nc1ccc2nnc(C(F)(F)F)n2n1.